The fraction of sp³-hybridized carbons (Fsp3) is 0.179. The van der Waals surface area contributed by atoms with Crippen LogP contribution in [0.5, 0.6) is 28.7 Å². The molecule has 174 valence electrons. The Morgan fingerprint density at radius 2 is 1.59 bits per heavy atom. The Hall–Kier alpha value is -4.19. The van der Waals surface area contributed by atoms with E-state index in [-0.39, 0.29) is 11.5 Å². The molecule has 0 atom stereocenters. The molecule has 0 unspecified atom stereocenters. The predicted octanol–water partition coefficient (Wildman–Crippen LogP) is 5.86. The summed E-state index contributed by atoms with van der Waals surface area (Å²) in [7, 11) is 4.61. The SMILES string of the molecule is C=Cc1ccc(COc2ccc3c(c2C)O/C(=C\c2ccc(OC)c(OC)c2OC)C3=O)cc1. The average molecular weight is 459 g/mol. The zero-order valence-corrected chi connectivity index (χ0v) is 19.6. The number of allylic oxidation sites excluding steroid dienone is 1. The first kappa shape index (κ1) is 23.0. The van der Waals surface area contributed by atoms with Crippen molar-refractivity contribution in [3.63, 3.8) is 0 Å². The smallest absolute Gasteiger partial charge is 0.231 e. The van der Waals surface area contributed by atoms with Gasteiger partial charge < -0.3 is 23.7 Å². The second kappa shape index (κ2) is 9.75. The van der Waals surface area contributed by atoms with Crippen molar-refractivity contribution in [2.75, 3.05) is 21.3 Å². The monoisotopic (exact) mass is 458 g/mol. The molecule has 0 spiro atoms. The molecule has 1 aliphatic heterocycles. The highest BCUT2D eigenvalue weighted by atomic mass is 16.5. The molecule has 6 heteroatoms. The molecule has 0 saturated carbocycles. The number of benzene rings is 3. The van der Waals surface area contributed by atoms with Gasteiger partial charge in [0.1, 0.15) is 18.1 Å². The van der Waals surface area contributed by atoms with E-state index in [2.05, 4.69) is 6.58 Å². The molecular formula is C28H26O6. The highest BCUT2D eigenvalue weighted by molar-refractivity contribution is 6.15. The van der Waals surface area contributed by atoms with Crippen molar-refractivity contribution in [2.45, 2.75) is 13.5 Å². The van der Waals surface area contributed by atoms with E-state index < -0.39 is 0 Å². The van der Waals surface area contributed by atoms with Gasteiger partial charge >= 0.3 is 0 Å². The van der Waals surface area contributed by atoms with E-state index in [0.29, 0.717) is 46.5 Å². The lowest BCUT2D eigenvalue weighted by atomic mass is 10.1. The number of carbonyl (C=O) groups is 1. The molecule has 3 aromatic carbocycles. The third-order valence-electron chi connectivity index (χ3n) is 5.67. The number of methoxy groups -OCH3 is 3. The van der Waals surface area contributed by atoms with Gasteiger partial charge in [0.05, 0.1) is 26.9 Å². The predicted molar refractivity (Wildman–Crippen MR) is 131 cm³/mol. The fourth-order valence-electron chi connectivity index (χ4n) is 3.81. The Balaban J connectivity index is 1.60. The van der Waals surface area contributed by atoms with Crippen LogP contribution in [0.3, 0.4) is 0 Å². The molecule has 0 aliphatic carbocycles. The van der Waals surface area contributed by atoms with Gasteiger partial charge in [-0.25, -0.2) is 0 Å². The Labute approximate surface area is 199 Å². The number of fused-ring (bicyclic) bond motifs is 1. The van der Waals surface area contributed by atoms with Crippen LogP contribution in [0.2, 0.25) is 0 Å². The van der Waals surface area contributed by atoms with Crippen molar-refractivity contribution in [3.8, 4) is 28.7 Å². The molecule has 0 aromatic heterocycles. The first-order valence-electron chi connectivity index (χ1n) is 10.7. The quantitative estimate of drug-likeness (QED) is 0.394. The van der Waals surface area contributed by atoms with Crippen LogP contribution in [-0.2, 0) is 6.61 Å². The molecule has 1 heterocycles. The molecule has 0 N–H and O–H groups in total. The maximum Gasteiger partial charge on any atom is 0.231 e. The van der Waals surface area contributed by atoms with Crippen molar-refractivity contribution < 1.29 is 28.5 Å². The second-order valence-electron chi connectivity index (χ2n) is 7.66. The van der Waals surface area contributed by atoms with Crippen LogP contribution >= 0.6 is 0 Å². The largest absolute Gasteiger partial charge is 0.493 e. The van der Waals surface area contributed by atoms with Crippen LogP contribution in [0.15, 0.2) is 60.9 Å². The van der Waals surface area contributed by atoms with Gasteiger partial charge in [-0.15, -0.1) is 0 Å². The molecular weight excluding hydrogens is 432 g/mol. The zero-order valence-electron chi connectivity index (χ0n) is 19.6. The van der Waals surface area contributed by atoms with Gasteiger partial charge in [0.2, 0.25) is 11.5 Å². The van der Waals surface area contributed by atoms with Gasteiger partial charge in [0, 0.05) is 11.1 Å². The molecule has 4 rings (SSSR count). The minimum absolute atomic E-state index is 0.195. The van der Waals surface area contributed by atoms with E-state index in [4.69, 9.17) is 23.7 Å². The first-order chi connectivity index (χ1) is 16.5. The number of ether oxygens (including phenoxy) is 5. The van der Waals surface area contributed by atoms with E-state index in [1.54, 1.807) is 43.5 Å². The number of hydrogen-bond acceptors (Lipinski definition) is 6. The van der Waals surface area contributed by atoms with Crippen molar-refractivity contribution in [1.29, 1.82) is 0 Å². The van der Waals surface area contributed by atoms with Crippen LogP contribution in [0.4, 0.5) is 0 Å². The minimum atomic E-state index is -0.207. The van der Waals surface area contributed by atoms with Crippen LogP contribution in [0.25, 0.3) is 12.2 Å². The number of rotatable bonds is 8. The van der Waals surface area contributed by atoms with E-state index >= 15 is 0 Å². The summed E-state index contributed by atoms with van der Waals surface area (Å²) in [5.41, 5.74) is 3.97. The van der Waals surface area contributed by atoms with Gasteiger partial charge in [-0.1, -0.05) is 36.9 Å². The molecule has 1 aliphatic rings. The minimum Gasteiger partial charge on any atom is -0.493 e. The lowest BCUT2D eigenvalue weighted by Gasteiger charge is -2.14. The summed E-state index contributed by atoms with van der Waals surface area (Å²) in [5.74, 6) is 2.56. The zero-order chi connectivity index (χ0) is 24.2. The Bertz CT molecular complexity index is 1270. The number of hydrogen-bond donors (Lipinski definition) is 0. The van der Waals surface area contributed by atoms with Crippen LogP contribution < -0.4 is 23.7 Å². The molecule has 3 aromatic rings. The van der Waals surface area contributed by atoms with E-state index in [1.165, 1.54) is 14.2 Å². The van der Waals surface area contributed by atoms with Gasteiger partial charge in [0.25, 0.3) is 0 Å². The molecule has 34 heavy (non-hydrogen) atoms. The maximum atomic E-state index is 13.0. The Morgan fingerprint density at radius 3 is 2.24 bits per heavy atom. The lowest BCUT2D eigenvalue weighted by molar-refractivity contribution is 0.101. The number of carbonyl (C=O) groups excluding carboxylic acids is 1. The summed E-state index contributed by atoms with van der Waals surface area (Å²) >= 11 is 0. The fourth-order valence-corrected chi connectivity index (χ4v) is 3.81. The number of Topliss-reactive ketones (excluding diaryl/α,β-unsaturated/α-hetero) is 1. The Morgan fingerprint density at radius 1 is 0.882 bits per heavy atom. The summed E-state index contributed by atoms with van der Waals surface area (Å²) in [6, 6.07) is 15.0. The summed E-state index contributed by atoms with van der Waals surface area (Å²) in [4.78, 5) is 13.0. The highest BCUT2D eigenvalue weighted by Crippen LogP contribution is 2.43. The normalized spacial score (nSPS) is 13.3. The van der Waals surface area contributed by atoms with Crippen molar-refractivity contribution in [3.05, 3.63) is 88.7 Å². The van der Waals surface area contributed by atoms with Crippen LogP contribution in [0, 0.1) is 6.92 Å². The van der Waals surface area contributed by atoms with Gasteiger partial charge in [-0.05, 0) is 48.4 Å². The van der Waals surface area contributed by atoms with Gasteiger partial charge in [-0.3, -0.25) is 4.79 Å². The maximum absolute atomic E-state index is 13.0. The molecule has 0 radical (unpaired) electrons. The average Bonchev–Trinajstić information content (AvgIpc) is 3.19. The Kier molecular flexibility index (Phi) is 6.59. The third kappa shape index (κ3) is 4.22. The standard InChI is InChI=1S/C28H26O6/c1-6-18-7-9-19(10-8-18)16-33-22-14-12-21-25(29)24(34-26(21)17(22)2)15-20-11-13-23(30-3)28(32-5)27(20)31-4/h6-15H,1,16H2,2-5H3/b24-15-. The summed E-state index contributed by atoms with van der Waals surface area (Å²) in [6.07, 6.45) is 3.44. The lowest BCUT2D eigenvalue weighted by Crippen LogP contribution is -2.00. The number of ketones is 1. The topological polar surface area (TPSA) is 63.2 Å². The third-order valence-corrected chi connectivity index (χ3v) is 5.67. The molecule has 0 saturated heterocycles. The van der Waals surface area contributed by atoms with E-state index in [9.17, 15) is 4.79 Å². The molecule has 0 bridgehead atoms. The molecule has 0 amide bonds. The molecule has 6 nitrogen and oxygen atoms in total. The van der Waals surface area contributed by atoms with Crippen molar-refractivity contribution >= 4 is 17.9 Å². The van der Waals surface area contributed by atoms with Crippen LogP contribution in [-0.4, -0.2) is 27.1 Å². The highest BCUT2D eigenvalue weighted by Gasteiger charge is 2.31. The second-order valence-corrected chi connectivity index (χ2v) is 7.66. The summed E-state index contributed by atoms with van der Waals surface area (Å²) in [5, 5.41) is 0. The van der Waals surface area contributed by atoms with Gasteiger partial charge in [-0.2, -0.15) is 0 Å². The van der Waals surface area contributed by atoms with Gasteiger partial charge in [0.15, 0.2) is 17.3 Å². The molecule has 0 fully saturated rings. The van der Waals surface area contributed by atoms with Crippen molar-refractivity contribution in [1.82, 2.24) is 0 Å². The summed E-state index contributed by atoms with van der Waals surface area (Å²) < 4.78 is 28.3. The first-order valence-corrected chi connectivity index (χ1v) is 10.7. The van der Waals surface area contributed by atoms with E-state index in [0.717, 1.165) is 16.7 Å². The van der Waals surface area contributed by atoms with Crippen molar-refractivity contribution in [2.24, 2.45) is 0 Å². The van der Waals surface area contributed by atoms with E-state index in [1.807, 2.05) is 31.2 Å². The van der Waals surface area contributed by atoms with Crippen LogP contribution in [0.1, 0.15) is 32.6 Å². The summed E-state index contributed by atoms with van der Waals surface area (Å²) in [6.45, 7) is 6.04.